The van der Waals surface area contributed by atoms with E-state index >= 15 is 0 Å². The van der Waals surface area contributed by atoms with Crippen LogP contribution in [0.3, 0.4) is 0 Å². The van der Waals surface area contributed by atoms with Crippen molar-refractivity contribution in [3.63, 3.8) is 0 Å². The first-order chi connectivity index (χ1) is 11.5. The van der Waals surface area contributed by atoms with E-state index in [2.05, 4.69) is 12.2 Å². The lowest BCUT2D eigenvalue weighted by atomic mass is 9.48. The third-order valence-corrected chi connectivity index (χ3v) is 7.67. The maximum Gasteiger partial charge on any atom is 0.220 e. The van der Waals surface area contributed by atoms with Crippen LogP contribution in [0.4, 0.5) is 0 Å². The molecule has 1 aromatic heterocycles. The minimum Gasteiger partial charge on any atom is -0.353 e. The number of hydrogen-bond donors (Lipinski definition) is 1. The van der Waals surface area contributed by atoms with Gasteiger partial charge in [0.25, 0.3) is 0 Å². The van der Waals surface area contributed by atoms with Gasteiger partial charge in [-0.25, -0.2) is 0 Å². The molecule has 0 saturated heterocycles. The number of nitrogens with one attached hydrogen (secondary N) is 1. The lowest BCUT2D eigenvalue weighted by Gasteiger charge is -2.59. The molecule has 4 heteroatoms. The number of rotatable bonds is 6. The molecule has 1 amide bonds. The van der Waals surface area contributed by atoms with E-state index in [1.54, 1.807) is 0 Å². The maximum absolute atomic E-state index is 12.4. The zero-order chi connectivity index (χ0) is 16.7. The molecular weight excluding hydrogens is 318 g/mol. The fourth-order valence-electron chi connectivity index (χ4n) is 5.96. The average molecular weight is 346 g/mol. The molecule has 1 aromatic rings. The molecule has 3 nitrogen and oxygen atoms in total. The molecule has 0 radical (unpaired) electrons. The van der Waals surface area contributed by atoms with Crippen LogP contribution in [0.25, 0.3) is 0 Å². The van der Waals surface area contributed by atoms with Crippen molar-refractivity contribution in [2.45, 2.75) is 64.3 Å². The zero-order valence-electron chi connectivity index (χ0n) is 14.4. The van der Waals surface area contributed by atoms with E-state index in [4.69, 9.17) is 0 Å². The number of Topliss-reactive ketones (excluding diaryl/α,β-unsaturated/α-hetero) is 1. The van der Waals surface area contributed by atoms with Gasteiger partial charge in [0, 0.05) is 18.9 Å². The van der Waals surface area contributed by atoms with Crippen molar-refractivity contribution in [3.8, 4) is 0 Å². The van der Waals surface area contributed by atoms with E-state index in [9.17, 15) is 9.59 Å². The van der Waals surface area contributed by atoms with Crippen molar-refractivity contribution in [2.24, 2.45) is 23.2 Å². The van der Waals surface area contributed by atoms with Gasteiger partial charge in [0.05, 0.1) is 4.88 Å². The van der Waals surface area contributed by atoms with Crippen molar-refractivity contribution in [2.75, 3.05) is 0 Å². The molecule has 4 fully saturated rings. The Balaban J connectivity index is 1.32. The molecule has 4 aliphatic carbocycles. The number of carbonyl (C=O) groups is 2. The van der Waals surface area contributed by atoms with Crippen LogP contribution in [0.1, 0.15) is 68.0 Å². The van der Waals surface area contributed by atoms with Crippen molar-refractivity contribution < 1.29 is 9.59 Å². The summed E-state index contributed by atoms with van der Waals surface area (Å²) < 4.78 is 0. The second kappa shape index (κ2) is 6.29. The summed E-state index contributed by atoms with van der Waals surface area (Å²) >= 11 is 1.45. The number of amides is 1. The third-order valence-electron chi connectivity index (χ3n) is 6.76. The highest BCUT2D eigenvalue weighted by Crippen LogP contribution is 2.61. The highest BCUT2D eigenvalue weighted by molar-refractivity contribution is 7.12. The van der Waals surface area contributed by atoms with Crippen molar-refractivity contribution >= 4 is 23.0 Å². The van der Waals surface area contributed by atoms with Crippen molar-refractivity contribution in [3.05, 3.63) is 22.4 Å². The molecule has 4 bridgehead atoms. The molecule has 130 valence electrons. The van der Waals surface area contributed by atoms with Crippen LogP contribution in [0.15, 0.2) is 17.5 Å². The van der Waals surface area contributed by atoms with Crippen LogP contribution < -0.4 is 5.32 Å². The van der Waals surface area contributed by atoms with Gasteiger partial charge in [-0.05, 0) is 80.1 Å². The number of carbonyl (C=O) groups excluding carboxylic acids is 2. The Bertz CT molecular complexity index is 586. The summed E-state index contributed by atoms with van der Waals surface area (Å²) in [7, 11) is 0. The van der Waals surface area contributed by atoms with Gasteiger partial charge in [0.2, 0.25) is 5.91 Å². The predicted molar refractivity (Wildman–Crippen MR) is 96.1 cm³/mol. The van der Waals surface area contributed by atoms with Crippen LogP contribution in [-0.4, -0.2) is 17.7 Å². The summed E-state index contributed by atoms with van der Waals surface area (Å²) in [6, 6.07) is 3.96. The average Bonchev–Trinajstić information content (AvgIpc) is 3.05. The first-order valence-corrected chi connectivity index (χ1v) is 10.3. The minimum atomic E-state index is 0.0446. The molecule has 1 heterocycles. The Morgan fingerprint density at radius 3 is 2.33 bits per heavy atom. The van der Waals surface area contributed by atoms with E-state index in [0.29, 0.717) is 18.3 Å². The van der Waals surface area contributed by atoms with Crippen LogP contribution in [0.2, 0.25) is 0 Å². The van der Waals surface area contributed by atoms with E-state index in [1.165, 1.54) is 49.9 Å². The van der Waals surface area contributed by atoms with Crippen LogP contribution >= 0.6 is 11.3 Å². The summed E-state index contributed by atoms with van der Waals surface area (Å²) in [6.07, 6.45) is 8.81. The van der Waals surface area contributed by atoms with E-state index in [1.807, 2.05) is 17.5 Å². The highest BCUT2D eigenvalue weighted by atomic mass is 32.1. The Kier molecular flexibility index (Phi) is 4.27. The summed E-state index contributed by atoms with van der Waals surface area (Å²) in [5, 5.41) is 5.15. The summed E-state index contributed by atoms with van der Waals surface area (Å²) in [6.45, 7) is 2.20. The van der Waals surface area contributed by atoms with Crippen molar-refractivity contribution in [1.29, 1.82) is 0 Å². The largest absolute Gasteiger partial charge is 0.353 e. The summed E-state index contributed by atoms with van der Waals surface area (Å²) in [5.41, 5.74) is 0.335. The predicted octanol–water partition coefficient (Wildman–Crippen LogP) is 4.43. The molecule has 24 heavy (non-hydrogen) atoms. The topological polar surface area (TPSA) is 46.2 Å². The second-order valence-electron chi connectivity index (χ2n) is 8.47. The molecule has 0 spiro atoms. The third kappa shape index (κ3) is 3.05. The van der Waals surface area contributed by atoms with Crippen LogP contribution in [0.5, 0.6) is 0 Å². The Hall–Kier alpha value is -1.16. The van der Waals surface area contributed by atoms with E-state index in [-0.39, 0.29) is 17.7 Å². The summed E-state index contributed by atoms with van der Waals surface area (Å²) in [5.74, 6) is 2.83. The van der Waals surface area contributed by atoms with E-state index < -0.39 is 0 Å². The SMILES string of the molecule is C[C@H](NC(=O)CCC(=O)c1cccs1)C12CC3CC(CC(C3)C1)C2. The molecule has 4 saturated carbocycles. The summed E-state index contributed by atoms with van der Waals surface area (Å²) in [4.78, 5) is 25.2. The Labute approximate surface area is 148 Å². The zero-order valence-corrected chi connectivity index (χ0v) is 15.2. The van der Waals surface area contributed by atoms with Gasteiger partial charge in [0.15, 0.2) is 5.78 Å². The standard InChI is InChI=1S/C20H27NO2S/c1-13(20-10-14-7-15(11-20)9-16(8-14)12-20)21-19(23)5-4-17(22)18-3-2-6-24-18/h2-3,6,13-16H,4-5,7-12H2,1H3,(H,21,23)/t13-,14?,15?,16?,20?/m0/s1. The van der Waals surface area contributed by atoms with Gasteiger partial charge in [0.1, 0.15) is 0 Å². The van der Waals surface area contributed by atoms with Crippen LogP contribution in [-0.2, 0) is 4.79 Å². The quantitative estimate of drug-likeness (QED) is 0.775. The second-order valence-corrected chi connectivity index (χ2v) is 9.42. The van der Waals surface area contributed by atoms with Gasteiger partial charge >= 0.3 is 0 Å². The monoisotopic (exact) mass is 345 g/mol. The molecule has 1 N–H and O–H groups in total. The fraction of sp³-hybridized carbons (Fsp3) is 0.700. The first kappa shape index (κ1) is 16.3. The number of hydrogen-bond acceptors (Lipinski definition) is 3. The maximum atomic E-state index is 12.4. The molecule has 0 unspecified atom stereocenters. The normalized spacial score (nSPS) is 35.0. The Morgan fingerprint density at radius 1 is 1.17 bits per heavy atom. The molecule has 4 aliphatic rings. The minimum absolute atomic E-state index is 0.0446. The van der Waals surface area contributed by atoms with Gasteiger partial charge in [-0.2, -0.15) is 0 Å². The highest BCUT2D eigenvalue weighted by Gasteiger charge is 2.53. The fourth-order valence-corrected chi connectivity index (χ4v) is 6.66. The molecule has 0 aromatic carbocycles. The van der Waals surface area contributed by atoms with Gasteiger partial charge in [-0.15, -0.1) is 11.3 Å². The van der Waals surface area contributed by atoms with Gasteiger partial charge < -0.3 is 5.32 Å². The van der Waals surface area contributed by atoms with Crippen molar-refractivity contribution in [1.82, 2.24) is 5.32 Å². The number of ketones is 1. The van der Waals surface area contributed by atoms with Gasteiger partial charge in [-0.3, -0.25) is 9.59 Å². The lowest BCUT2D eigenvalue weighted by molar-refractivity contribution is -0.125. The molecule has 1 atom stereocenters. The molecular formula is C20H27NO2S. The molecule has 0 aliphatic heterocycles. The Morgan fingerprint density at radius 2 is 1.79 bits per heavy atom. The van der Waals surface area contributed by atoms with E-state index in [0.717, 1.165) is 22.6 Å². The van der Waals surface area contributed by atoms with Crippen LogP contribution in [0, 0.1) is 23.2 Å². The molecule has 5 rings (SSSR count). The first-order valence-electron chi connectivity index (χ1n) is 9.40. The smallest absolute Gasteiger partial charge is 0.220 e. The van der Waals surface area contributed by atoms with Gasteiger partial charge in [-0.1, -0.05) is 6.07 Å². The lowest BCUT2D eigenvalue weighted by Crippen LogP contribution is -2.55. The number of thiophene rings is 1.